The molecule has 1 saturated heterocycles. The molecule has 0 aliphatic carbocycles. The number of rotatable bonds is 8. The zero-order chi connectivity index (χ0) is 28.3. The number of hydrogen-bond acceptors (Lipinski definition) is 9. The molecule has 2 aliphatic heterocycles. The lowest BCUT2D eigenvalue weighted by molar-refractivity contribution is -0.802. The van der Waals surface area contributed by atoms with E-state index >= 15 is 0 Å². The van der Waals surface area contributed by atoms with Crippen molar-refractivity contribution < 1.29 is 77.1 Å². The van der Waals surface area contributed by atoms with Gasteiger partial charge in [0.15, 0.2) is 0 Å². The molecule has 2 aliphatic rings. The predicted octanol–water partition coefficient (Wildman–Crippen LogP) is 1.45. The van der Waals surface area contributed by atoms with Gasteiger partial charge in [0.2, 0.25) is 12.9 Å². The molecule has 0 radical (unpaired) electrons. The highest BCUT2D eigenvalue weighted by Gasteiger charge is 2.66. The summed E-state index contributed by atoms with van der Waals surface area (Å²) >= 11 is 0. The summed E-state index contributed by atoms with van der Waals surface area (Å²) in [7, 11) is -10.6. The number of halogens is 8. The Kier molecular flexibility index (Phi) is 6.38. The molecule has 1 fully saturated rings. The van der Waals surface area contributed by atoms with Gasteiger partial charge in [0.25, 0.3) is 4.98 Å². The van der Waals surface area contributed by atoms with E-state index in [1.54, 1.807) is 5.59 Å². The molecule has 0 saturated carbocycles. The van der Waals surface area contributed by atoms with Crippen LogP contribution in [0.15, 0.2) is 22.6 Å². The number of benzene rings is 1. The molecular weight excluding hydrogens is 562 g/mol. The number of nitroso groups, excluding NO2 is 1. The number of carbonyl (C=O) groups excluding carboxylic acids is 1. The van der Waals surface area contributed by atoms with Crippen molar-refractivity contribution in [1.29, 1.82) is 0 Å². The maximum absolute atomic E-state index is 13.6. The largest absolute Gasteiger partial charge is 0.475 e. The Morgan fingerprint density at radius 2 is 1.76 bits per heavy atom. The number of carbonyl (C=O) groups is 1. The Morgan fingerprint density at radius 1 is 1.16 bits per heavy atom. The minimum absolute atomic E-state index is 0.00362. The van der Waals surface area contributed by atoms with E-state index in [-0.39, 0.29) is 24.1 Å². The SMILES string of the molecule is O=C(OCON[N+](=O)N1CC(O)C1)C1=Cc2cc(S(F)(F)(F)(F)F)cc(C(O)(O)O)c2OC1C(F)(F)F. The fourth-order valence-corrected chi connectivity index (χ4v) is 3.75. The van der Waals surface area contributed by atoms with Crippen molar-refractivity contribution in [2.45, 2.75) is 29.3 Å². The van der Waals surface area contributed by atoms with Gasteiger partial charge in [0.1, 0.15) is 29.8 Å². The lowest BCUT2D eigenvalue weighted by atomic mass is 9.98. The Labute approximate surface area is 199 Å². The van der Waals surface area contributed by atoms with E-state index in [0.29, 0.717) is 0 Å². The normalized spacial score (nSPS) is 20.5. The minimum Gasteiger partial charge on any atom is -0.475 e. The molecule has 1 aromatic carbocycles. The maximum atomic E-state index is 13.6. The smallest absolute Gasteiger partial charge is 0.430 e. The van der Waals surface area contributed by atoms with Gasteiger partial charge in [0, 0.05) is 11.2 Å². The van der Waals surface area contributed by atoms with E-state index in [9.17, 15) is 57.6 Å². The van der Waals surface area contributed by atoms with Crippen molar-refractivity contribution in [2.75, 3.05) is 19.9 Å². The molecule has 5 N–H and O–H groups in total. The summed E-state index contributed by atoms with van der Waals surface area (Å²) in [6, 6.07) is -1.14. The number of β-amino-alcohol motifs (C(OH)–C–C–N with tert-alkyl or cyclic N) is 1. The second-order valence-corrected chi connectivity index (χ2v) is 10.1. The van der Waals surface area contributed by atoms with E-state index in [1.165, 1.54) is 0 Å². The number of hydrogen-bond donors (Lipinski definition) is 5. The lowest BCUT2D eigenvalue weighted by Gasteiger charge is -2.41. The number of aliphatic hydroxyl groups excluding tert-OH is 1. The van der Waals surface area contributed by atoms with Crippen LogP contribution in [0.2, 0.25) is 0 Å². The predicted molar refractivity (Wildman–Crippen MR) is 101 cm³/mol. The number of hydrazine groups is 2. The minimum atomic E-state index is -10.6. The standard InChI is InChI=1S/C16H16F8N3O9S/c17-15(18,19)13-10(14(29)34-6-35-25-27(33)26-4-8(28)5-26)2-7-1-9(37(20,21,22,23)24)3-11(12(7)36-13)16(30,31)32/h1-3,8,13,28,30-32H,4-6H2,(H,25,33)/q+1. The number of alkyl halides is 3. The zero-order valence-corrected chi connectivity index (χ0v) is 18.5. The van der Waals surface area contributed by atoms with E-state index in [1.807, 2.05) is 0 Å². The third-order valence-corrected chi connectivity index (χ3v) is 5.88. The second kappa shape index (κ2) is 8.26. The molecule has 12 nitrogen and oxygen atoms in total. The third-order valence-electron chi connectivity index (χ3n) is 4.75. The molecule has 0 bridgehead atoms. The van der Waals surface area contributed by atoms with Crippen LogP contribution in [0, 0.1) is 4.91 Å². The van der Waals surface area contributed by atoms with Crippen LogP contribution in [-0.2, 0) is 20.3 Å². The number of ether oxygens (including phenoxy) is 2. The molecule has 2 heterocycles. The quantitative estimate of drug-likeness (QED) is 0.0759. The molecule has 3 rings (SSSR count). The number of aliphatic hydroxyl groups is 4. The first-order valence-corrected chi connectivity index (χ1v) is 11.4. The van der Waals surface area contributed by atoms with Crippen LogP contribution in [-0.4, -0.2) is 74.6 Å². The Bertz CT molecular complexity index is 1150. The third kappa shape index (κ3) is 6.48. The summed E-state index contributed by atoms with van der Waals surface area (Å²) in [6.45, 7) is -1.46. The number of nitrogens with zero attached hydrogens (tertiary/aromatic N) is 2. The van der Waals surface area contributed by atoms with Gasteiger partial charge in [-0.1, -0.05) is 19.4 Å². The van der Waals surface area contributed by atoms with E-state index in [0.717, 1.165) is 5.01 Å². The first-order chi connectivity index (χ1) is 16.5. The Balaban J connectivity index is 1.93. The van der Waals surface area contributed by atoms with Crippen LogP contribution in [0.1, 0.15) is 11.1 Å². The molecule has 1 atom stereocenters. The Morgan fingerprint density at radius 3 is 2.24 bits per heavy atom. The highest BCUT2D eigenvalue weighted by molar-refractivity contribution is 8.45. The average molecular weight is 578 g/mol. The summed E-state index contributed by atoms with van der Waals surface area (Å²) in [5.74, 6) is -7.83. The molecule has 21 heteroatoms. The van der Waals surface area contributed by atoms with Crippen LogP contribution >= 0.6 is 10.2 Å². The van der Waals surface area contributed by atoms with Crippen LogP contribution in [0.5, 0.6) is 5.75 Å². The summed E-state index contributed by atoms with van der Waals surface area (Å²) in [4.78, 5) is 25.2. The number of nitrogens with one attached hydrogen (secondary N) is 1. The van der Waals surface area contributed by atoms with Gasteiger partial charge >= 0.3 is 28.3 Å². The first kappa shape index (κ1) is 28.6. The fraction of sp³-hybridized carbons (Fsp3) is 0.438. The zero-order valence-electron chi connectivity index (χ0n) is 17.7. The topological polar surface area (TPSA) is 161 Å². The molecular formula is C16H16F8N3O9S+. The van der Waals surface area contributed by atoms with Crippen molar-refractivity contribution in [1.82, 2.24) is 10.6 Å². The van der Waals surface area contributed by atoms with E-state index < -0.39 is 86.8 Å². The molecule has 0 aromatic heterocycles. The van der Waals surface area contributed by atoms with Crippen LogP contribution in [0.4, 0.5) is 32.6 Å². The van der Waals surface area contributed by atoms with Crippen LogP contribution in [0.25, 0.3) is 6.08 Å². The van der Waals surface area contributed by atoms with Gasteiger partial charge < -0.3 is 29.9 Å². The van der Waals surface area contributed by atoms with Crippen LogP contribution in [0.3, 0.4) is 0 Å². The number of esters is 1. The Hall–Kier alpha value is -2.98. The highest BCUT2D eigenvalue weighted by Crippen LogP contribution is 3.02. The van der Waals surface area contributed by atoms with Gasteiger partial charge in [-0.2, -0.15) is 18.0 Å². The fourth-order valence-electron chi connectivity index (χ4n) is 3.06. The summed E-state index contributed by atoms with van der Waals surface area (Å²) < 4.78 is 116. The summed E-state index contributed by atoms with van der Waals surface area (Å²) in [6.07, 6.45) is -9.66. The first-order valence-electron chi connectivity index (χ1n) is 9.47. The van der Waals surface area contributed by atoms with E-state index in [2.05, 4.69) is 14.3 Å². The molecule has 0 amide bonds. The highest BCUT2D eigenvalue weighted by atomic mass is 32.5. The van der Waals surface area contributed by atoms with Crippen molar-refractivity contribution in [2.24, 2.45) is 0 Å². The summed E-state index contributed by atoms with van der Waals surface area (Å²) in [5, 5.41) is 37.9. The molecule has 1 aromatic rings. The van der Waals surface area contributed by atoms with E-state index in [4.69, 9.17) is 5.11 Å². The molecule has 37 heavy (non-hydrogen) atoms. The monoisotopic (exact) mass is 578 g/mol. The lowest BCUT2D eigenvalue weighted by Crippen LogP contribution is -2.58. The molecule has 210 valence electrons. The van der Waals surface area contributed by atoms with Gasteiger partial charge in [-0.15, -0.1) is 5.01 Å². The van der Waals surface area contributed by atoms with Gasteiger partial charge in [-0.25, -0.2) is 4.79 Å². The summed E-state index contributed by atoms with van der Waals surface area (Å²) in [5.41, 5.74) is -3.20. The van der Waals surface area contributed by atoms with Crippen molar-refractivity contribution >= 4 is 22.3 Å². The van der Waals surface area contributed by atoms with Crippen molar-refractivity contribution in [3.8, 4) is 5.75 Å². The maximum Gasteiger partial charge on any atom is 0.430 e. The average Bonchev–Trinajstić information content (AvgIpc) is 2.69. The van der Waals surface area contributed by atoms with Gasteiger partial charge in [-0.3, -0.25) is 0 Å². The second-order valence-electron chi connectivity index (χ2n) is 7.72. The molecule has 1 unspecified atom stereocenters. The van der Waals surface area contributed by atoms with Crippen molar-refractivity contribution in [3.05, 3.63) is 33.7 Å². The number of fused-ring (bicyclic) bond motifs is 1. The van der Waals surface area contributed by atoms with Crippen molar-refractivity contribution in [3.63, 3.8) is 0 Å². The van der Waals surface area contributed by atoms with Crippen LogP contribution < -0.4 is 10.3 Å². The van der Waals surface area contributed by atoms with Gasteiger partial charge in [0.05, 0.1) is 16.0 Å². The molecule has 0 spiro atoms. The van der Waals surface area contributed by atoms with Gasteiger partial charge in [-0.05, 0) is 18.2 Å².